The molecule has 0 aliphatic rings. The van der Waals surface area contributed by atoms with E-state index in [1.807, 2.05) is 19.1 Å². The number of nitrogens with zero attached hydrogens (tertiary/aromatic N) is 1. The van der Waals surface area contributed by atoms with Gasteiger partial charge in [-0.05, 0) is 55.3 Å². The van der Waals surface area contributed by atoms with E-state index >= 15 is 0 Å². The summed E-state index contributed by atoms with van der Waals surface area (Å²) < 4.78 is 0. The standard InChI is InChI=1S/C23H28ClN3O2/c1-3-4-5-6-7-8-22(28)27-26-17(2)18-11-15-21(16-12-18)25-23(29)19-9-13-20(24)14-10-19/h9-16H,3-8H2,1-2H3,(H,25,29)(H,27,28)/b26-17-. The van der Waals surface area contributed by atoms with Crippen LogP contribution < -0.4 is 10.7 Å². The van der Waals surface area contributed by atoms with Crippen LogP contribution in [0.4, 0.5) is 5.69 Å². The molecule has 0 spiro atoms. The van der Waals surface area contributed by atoms with Gasteiger partial charge >= 0.3 is 0 Å². The summed E-state index contributed by atoms with van der Waals surface area (Å²) in [5.41, 5.74) is 5.41. The number of rotatable bonds is 10. The zero-order valence-corrected chi connectivity index (χ0v) is 17.8. The molecule has 2 aromatic carbocycles. The van der Waals surface area contributed by atoms with E-state index < -0.39 is 0 Å². The molecule has 0 atom stereocenters. The molecule has 0 saturated heterocycles. The normalized spacial score (nSPS) is 11.2. The van der Waals surface area contributed by atoms with Gasteiger partial charge in [0.1, 0.15) is 0 Å². The number of hydrazone groups is 1. The van der Waals surface area contributed by atoms with Gasteiger partial charge in [-0.1, -0.05) is 56.3 Å². The zero-order chi connectivity index (χ0) is 21.1. The first-order chi connectivity index (χ1) is 14.0. The number of halogens is 1. The van der Waals surface area contributed by atoms with E-state index in [2.05, 4.69) is 22.8 Å². The maximum absolute atomic E-state index is 12.2. The quantitative estimate of drug-likeness (QED) is 0.294. The Balaban J connectivity index is 1.83. The SMILES string of the molecule is CCCCCCCC(=O)N/N=C(/C)c1ccc(NC(=O)c2ccc(Cl)cc2)cc1. The van der Waals surface area contributed by atoms with Gasteiger partial charge in [0.15, 0.2) is 0 Å². The molecule has 0 fully saturated rings. The highest BCUT2D eigenvalue weighted by Gasteiger charge is 2.07. The van der Waals surface area contributed by atoms with E-state index in [4.69, 9.17) is 11.6 Å². The van der Waals surface area contributed by atoms with Crippen LogP contribution in [-0.4, -0.2) is 17.5 Å². The molecule has 0 saturated carbocycles. The topological polar surface area (TPSA) is 70.6 Å². The molecule has 0 aliphatic heterocycles. The maximum atomic E-state index is 12.2. The van der Waals surface area contributed by atoms with E-state index in [1.54, 1.807) is 36.4 Å². The van der Waals surface area contributed by atoms with Gasteiger partial charge in [0, 0.05) is 22.7 Å². The molecule has 0 bridgehead atoms. The fourth-order valence-corrected chi connectivity index (χ4v) is 2.88. The summed E-state index contributed by atoms with van der Waals surface area (Å²) in [5.74, 6) is -0.265. The summed E-state index contributed by atoms with van der Waals surface area (Å²) in [5, 5.41) is 7.60. The number of unbranched alkanes of at least 4 members (excludes halogenated alkanes) is 4. The molecule has 0 aromatic heterocycles. The van der Waals surface area contributed by atoms with Crippen molar-refractivity contribution in [3.05, 3.63) is 64.7 Å². The van der Waals surface area contributed by atoms with Crippen LogP contribution in [0, 0.1) is 0 Å². The molecule has 0 radical (unpaired) electrons. The Morgan fingerprint density at radius 1 is 0.897 bits per heavy atom. The predicted octanol–water partition coefficient (Wildman–Crippen LogP) is 5.79. The van der Waals surface area contributed by atoms with Crippen molar-refractivity contribution >= 4 is 34.8 Å². The molecule has 0 aliphatic carbocycles. The lowest BCUT2D eigenvalue weighted by atomic mass is 10.1. The summed E-state index contributed by atoms with van der Waals surface area (Å²) in [6.07, 6.45) is 6.05. The predicted molar refractivity (Wildman–Crippen MR) is 120 cm³/mol. The molecule has 2 aromatic rings. The van der Waals surface area contributed by atoms with E-state index in [9.17, 15) is 9.59 Å². The number of hydrogen-bond acceptors (Lipinski definition) is 3. The second kappa shape index (κ2) is 12.0. The van der Waals surface area contributed by atoms with Crippen molar-refractivity contribution < 1.29 is 9.59 Å². The first-order valence-corrected chi connectivity index (χ1v) is 10.4. The van der Waals surface area contributed by atoms with Crippen molar-refractivity contribution in [2.75, 3.05) is 5.32 Å². The lowest BCUT2D eigenvalue weighted by Crippen LogP contribution is -2.18. The van der Waals surface area contributed by atoms with Crippen LogP contribution in [0.25, 0.3) is 0 Å². The minimum absolute atomic E-state index is 0.0623. The number of hydrogen-bond donors (Lipinski definition) is 2. The van der Waals surface area contributed by atoms with Crippen LogP contribution in [0.1, 0.15) is 68.3 Å². The van der Waals surface area contributed by atoms with Gasteiger partial charge in [0.2, 0.25) is 5.91 Å². The number of carbonyl (C=O) groups is 2. The minimum atomic E-state index is -0.203. The Labute approximate surface area is 177 Å². The van der Waals surface area contributed by atoms with Crippen molar-refractivity contribution in [2.24, 2.45) is 5.10 Å². The maximum Gasteiger partial charge on any atom is 0.255 e. The first-order valence-electron chi connectivity index (χ1n) is 10.00. The fraction of sp³-hybridized carbons (Fsp3) is 0.348. The second-order valence-electron chi connectivity index (χ2n) is 6.93. The Morgan fingerprint density at radius 3 is 2.17 bits per heavy atom. The first kappa shape index (κ1) is 22.6. The Bertz CT molecular complexity index is 830. The number of amides is 2. The molecule has 2 amide bonds. The molecule has 2 rings (SSSR count). The van der Waals surface area contributed by atoms with Gasteiger partial charge in [-0.15, -0.1) is 0 Å². The smallest absolute Gasteiger partial charge is 0.255 e. The van der Waals surface area contributed by atoms with Crippen molar-refractivity contribution in [3.8, 4) is 0 Å². The number of anilines is 1. The molecule has 0 heterocycles. The van der Waals surface area contributed by atoms with Crippen molar-refractivity contribution in [1.82, 2.24) is 5.43 Å². The van der Waals surface area contributed by atoms with Crippen molar-refractivity contribution in [2.45, 2.75) is 52.4 Å². The summed E-state index contributed by atoms with van der Waals surface area (Å²) >= 11 is 5.84. The van der Waals surface area contributed by atoms with Gasteiger partial charge in [0.25, 0.3) is 5.91 Å². The molecule has 6 heteroatoms. The molecular formula is C23H28ClN3O2. The third-order valence-electron chi connectivity index (χ3n) is 4.52. The molecular weight excluding hydrogens is 386 g/mol. The lowest BCUT2D eigenvalue weighted by Gasteiger charge is -2.07. The van der Waals surface area contributed by atoms with Crippen molar-refractivity contribution in [3.63, 3.8) is 0 Å². The number of carbonyl (C=O) groups excluding carboxylic acids is 2. The fourth-order valence-electron chi connectivity index (χ4n) is 2.76. The van der Waals surface area contributed by atoms with Crippen LogP contribution in [0.15, 0.2) is 53.6 Å². The van der Waals surface area contributed by atoms with E-state index in [0.717, 1.165) is 18.4 Å². The van der Waals surface area contributed by atoms with Crippen LogP contribution in [0.2, 0.25) is 5.02 Å². The van der Waals surface area contributed by atoms with E-state index in [0.29, 0.717) is 28.4 Å². The zero-order valence-electron chi connectivity index (χ0n) is 17.0. The van der Waals surface area contributed by atoms with Crippen LogP contribution in [0.5, 0.6) is 0 Å². The average molecular weight is 414 g/mol. The second-order valence-corrected chi connectivity index (χ2v) is 7.37. The van der Waals surface area contributed by atoms with Crippen molar-refractivity contribution in [1.29, 1.82) is 0 Å². The summed E-state index contributed by atoms with van der Waals surface area (Å²) in [7, 11) is 0. The Hall–Kier alpha value is -2.66. The third kappa shape index (κ3) is 8.08. The van der Waals surface area contributed by atoms with E-state index in [-0.39, 0.29) is 11.8 Å². The Kier molecular flexibility index (Phi) is 9.38. The van der Waals surface area contributed by atoms with Gasteiger partial charge in [-0.3, -0.25) is 9.59 Å². The van der Waals surface area contributed by atoms with Gasteiger partial charge in [0.05, 0.1) is 5.71 Å². The van der Waals surface area contributed by atoms with Crippen LogP contribution in [-0.2, 0) is 4.79 Å². The minimum Gasteiger partial charge on any atom is -0.322 e. The lowest BCUT2D eigenvalue weighted by molar-refractivity contribution is -0.121. The van der Waals surface area contributed by atoms with Crippen LogP contribution >= 0.6 is 11.6 Å². The molecule has 5 nitrogen and oxygen atoms in total. The van der Waals surface area contributed by atoms with E-state index in [1.165, 1.54) is 19.3 Å². The number of nitrogens with one attached hydrogen (secondary N) is 2. The molecule has 2 N–H and O–H groups in total. The van der Waals surface area contributed by atoms with Gasteiger partial charge < -0.3 is 5.32 Å². The number of benzene rings is 2. The molecule has 29 heavy (non-hydrogen) atoms. The summed E-state index contributed by atoms with van der Waals surface area (Å²) in [4.78, 5) is 24.1. The molecule has 0 unspecified atom stereocenters. The highest BCUT2D eigenvalue weighted by atomic mass is 35.5. The summed E-state index contributed by atoms with van der Waals surface area (Å²) in [6, 6.07) is 14.0. The monoisotopic (exact) mass is 413 g/mol. The highest BCUT2D eigenvalue weighted by molar-refractivity contribution is 6.30. The largest absolute Gasteiger partial charge is 0.322 e. The summed E-state index contributed by atoms with van der Waals surface area (Å²) in [6.45, 7) is 4.01. The van der Waals surface area contributed by atoms with Gasteiger partial charge in [-0.2, -0.15) is 5.10 Å². The highest BCUT2D eigenvalue weighted by Crippen LogP contribution is 2.14. The average Bonchev–Trinajstić information content (AvgIpc) is 2.73. The third-order valence-corrected chi connectivity index (χ3v) is 4.77. The molecule has 154 valence electrons. The Morgan fingerprint density at radius 2 is 1.52 bits per heavy atom. The van der Waals surface area contributed by atoms with Crippen LogP contribution in [0.3, 0.4) is 0 Å². The van der Waals surface area contributed by atoms with Gasteiger partial charge in [-0.25, -0.2) is 5.43 Å².